The van der Waals surface area contributed by atoms with Crippen molar-refractivity contribution in [2.75, 3.05) is 19.0 Å². The first-order chi connectivity index (χ1) is 9.53. The number of nitrogens with zero attached hydrogens (tertiary/aromatic N) is 2. The van der Waals surface area contributed by atoms with Crippen LogP contribution in [0.2, 0.25) is 0 Å². The van der Waals surface area contributed by atoms with E-state index in [4.69, 9.17) is 10.5 Å². The maximum Gasteiger partial charge on any atom is 0.230 e. The average molecular weight is 280 g/mol. The van der Waals surface area contributed by atoms with E-state index >= 15 is 0 Å². The Bertz CT molecular complexity index is 456. The fourth-order valence-electron chi connectivity index (χ4n) is 2.74. The number of hydrogen-bond acceptors (Lipinski definition) is 4. The molecule has 1 aromatic heterocycles. The summed E-state index contributed by atoms with van der Waals surface area (Å²) in [5.74, 6) is 0.416. The van der Waals surface area contributed by atoms with E-state index < -0.39 is 5.54 Å². The second kappa shape index (κ2) is 6.37. The van der Waals surface area contributed by atoms with Gasteiger partial charge in [-0.25, -0.2) is 0 Å². The molecule has 0 bridgehead atoms. The number of ether oxygens (including phenoxy) is 1. The number of amides is 1. The SMILES string of the molecule is COCCn1ccc(NC(=O)C2CCCCC2(C)N)n1. The lowest BCUT2D eigenvalue weighted by molar-refractivity contribution is -0.122. The molecule has 6 nitrogen and oxygen atoms in total. The lowest BCUT2D eigenvalue weighted by Gasteiger charge is -2.37. The molecule has 3 N–H and O–H groups in total. The minimum absolute atomic E-state index is 0.0216. The van der Waals surface area contributed by atoms with Crippen LogP contribution in [0.5, 0.6) is 0 Å². The maximum atomic E-state index is 12.3. The molecule has 1 fully saturated rings. The standard InChI is InChI=1S/C14H24N4O2/c1-14(15)7-4-3-5-11(14)13(19)16-12-6-8-18(17-12)9-10-20-2/h6,8,11H,3-5,7,9-10,15H2,1-2H3,(H,16,17,19). The van der Waals surface area contributed by atoms with Crippen LogP contribution in [0.25, 0.3) is 0 Å². The Morgan fingerprint density at radius 1 is 1.65 bits per heavy atom. The second-order valence-corrected chi connectivity index (χ2v) is 5.75. The number of rotatable bonds is 5. The number of anilines is 1. The highest BCUT2D eigenvalue weighted by Crippen LogP contribution is 2.32. The van der Waals surface area contributed by atoms with Gasteiger partial charge in [0.05, 0.1) is 19.1 Å². The fourth-order valence-corrected chi connectivity index (χ4v) is 2.74. The van der Waals surface area contributed by atoms with Crippen molar-refractivity contribution in [1.29, 1.82) is 0 Å². The summed E-state index contributed by atoms with van der Waals surface area (Å²) in [7, 11) is 1.65. The van der Waals surface area contributed by atoms with Crippen molar-refractivity contribution < 1.29 is 9.53 Å². The molecule has 0 aliphatic heterocycles. The van der Waals surface area contributed by atoms with E-state index in [0.29, 0.717) is 19.0 Å². The molecule has 1 aliphatic rings. The van der Waals surface area contributed by atoms with Gasteiger partial charge in [0.15, 0.2) is 5.82 Å². The summed E-state index contributed by atoms with van der Waals surface area (Å²) >= 11 is 0. The van der Waals surface area contributed by atoms with E-state index in [1.165, 1.54) is 0 Å². The Morgan fingerprint density at radius 2 is 2.45 bits per heavy atom. The van der Waals surface area contributed by atoms with Crippen LogP contribution in [0.1, 0.15) is 32.6 Å². The zero-order valence-electron chi connectivity index (χ0n) is 12.3. The van der Waals surface area contributed by atoms with Crippen LogP contribution in [0.3, 0.4) is 0 Å². The molecule has 1 aromatic rings. The third-order valence-corrected chi connectivity index (χ3v) is 3.99. The first kappa shape index (κ1) is 15.0. The average Bonchev–Trinajstić information content (AvgIpc) is 2.83. The fraction of sp³-hybridized carbons (Fsp3) is 0.714. The largest absolute Gasteiger partial charge is 0.383 e. The van der Waals surface area contributed by atoms with Crippen molar-refractivity contribution in [3.8, 4) is 0 Å². The molecule has 112 valence electrons. The summed E-state index contributed by atoms with van der Waals surface area (Å²) in [5.41, 5.74) is 5.83. The summed E-state index contributed by atoms with van der Waals surface area (Å²) in [4.78, 5) is 12.3. The Hall–Kier alpha value is -1.40. The molecular formula is C14H24N4O2. The van der Waals surface area contributed by atoms with Gasteiger partial charge in [0.1, 0.15) is 0 Å². The summed E-state index contributed by atoms with van der Waals surface area (Å²) in [6.07, 6.45) is 5.74. The van der Waals surface area contributed by atoms with Gasteiger partial charge in [-0.2, -0.15) is 5.10 Å². The summed E-state index contributed by atoms with van der Waals surface area (Å²) in [6, 6.07) is 1.80. The van der Waals surface area contributed by atoms with Crippen molar-refractivity contribution in [2.24, 2.45) is 11.7 Å². The predicted octanol–water partition coefficient (Wildman–Crippen LogP) is 1.38. The van der Waals surface area contributed by atoms with Gasteiger partial charge in [0.25, 0.3) is 0 Å². The van der Waals surface area contributed by atoms with Crippen molar-refractivity contribution in [2.45, 2.75) is 44.7 Å². The third-order valence-electron chi connectivity index (χ3n) is 3.99. The highest BCUT2D eigenvalue weighted by atomic mass is 16.5. The zero-order chi connectivity index (χ0) is 14.6. The Kier molecular flexibility index (Phi) is 4.77. The molecule has 1 aliphatic carbocycles. The van der Waals surface area contributed by atoms with Gasteiger partial charge < -0.3 is 15.8 Å². The number of methoxy groups -OCH3 is 1. The van der Waals surface area contributed by atoms with Crippen molar-refractivity contribution in [3.63, 3.8) is 0 Å². The van der Waals surface area contributed by atoms with Crippen molar-refractivity contribution in [3.05, 3.63) is 12.3 Å². The van der Waals surface area contributed by atoms with Gasteiger partial charge in [0.2, 0.25) is 5.91 Å². The molecule has 2 unspecified atom stereocenters. The number of carbonyl (C=O) groups is 1. The molecule has 1 amide bonds. The Morgan fingerprint density at radius 3 is 3.15 bits per heavy atom. The molecule has 20 heavy (non-hydrogen) atoms. The molecule has 6 heteroatoms. The Balaban J connectivity index is 1.95. The van der Waals surface area contributed by atoms with Crippen molar-refractivity contribution in [1.82, 2.24) is 9.78 Å². The molecule has 2 atom stereocenters. The topological polar surface area (TPSA) is 82.2 Å². The molecule has 0 radical (unpaired) electrons. The van der Waals surface area contributed by atoms with E-state index in [1.807, 2.05) is 13.1 Å². The molecule has 0 aromatic carbocycles. The van der Waals surface area contributed by atoms with Gasteiger partial charge in [-0.15, -0.1) is 0 Å². The van der Waals surface area contributed by atoms with Crippen LogP contribution in [0.4, 0.5) is 5.82 Å². The van der Waals surface area contributed by atoms with Crippen LogP contribution in [-0.4, -0.2) is 34.9 Å². The summed E-state index contributed by atoms with van der Waals surface area (Å²) in [5, 5.41) is 7.17. The first-order valence-electron chi connectivity index (χ1n) is 7.15. The molecule has 0 saturated heterocycles. The second-order valence-electron chi connectivity index (χ2n) is 5.75. The summed E-state index contributed by atoms with van der Waals surface area (Å²) < 4.78 is 6.75. The smallest absolute Gasteiger partial charge is 0.230 e. The van der Waals surface area contributed by atoms with E-state index in [2.05, 4.69) is 10.4 Å². The lowest BCUT2D eigenvalue weighted by Crippen LogP contribution is -2.51. The van der Waals surface area contributed by atoms with Crippen LogP contribution >= 0.6 is 0 Å². The molecule has 1 heterocycles. The van der Waals surface area contributed by atoms with E-state index in [1.54, 1.807) is 17.9 Å². The monoisotopic (exact) mass is 280 g/mol. The lowest BCUT2D eigenvalue weighted by atomic mass is 9.74. The number of aromatic nitrogens is 2. The van der Waals surface area contributed by atoms with Gasteiger partial charge in [-0.1, -0.05) is 12.8 Å². The number of hydrogen-bond donors (Lipinski definition) is 2. The zero-order valence-corrected chi connectivity index (χ0v) is 12.3. The van der Waals surface area contributed by atoms with Gasteiger partial charge in [-0.3, -0.25) is 9.48 Å². The number of nitrogens with one attached hydrogen (secondary N) is 1. The number of nitrogens with two attached hydrogens (primary N) is 1. The molecule has 1 saturated carbocycles. The first-order valence-corrected chi connectivity index (χ1v) is 7.15. The summed E-state index contributed by atoms with van der Waals surface area (Å²) in [6.45, 7) is 3.23. The normalized spacial score (nSPS) is 26.4. The highest BCUT2D eigenvalue weighted by Gasteiger charge is 2.37. The Labute approximate surface area is 119 Å². The van der Waals surface area contributed by atoms with Crippen LogP contribution < -0.4 is 11.1 Å². The van der Waals surface area contributed by atoms with E-state index in [-0.39, 0.29) is 11.8 Å². The van der Waals surface area contributed by atoms with Crippen LogP contribution in [0.15, 0.2) is 12.3 Å². The van der Waals surface area contributed by atoms with Crippen LogP contribution in [0, 0.1) is 5.92 Å². The molecular weight excluding hydrogens is 256 g/mol. The molecule has 2 rings (SSSR count). The van der Waals surface area contributed by atoms with Crippen LogP contribution in [-0.2, 0) is 16.1 Å². The van der Waals surface area contributed by atoms with E-state index in [9.17, 15) is 4.79 Å². The maximum absolute atomic E-state index is 12.3. The minimum atomic E-state index is -0.416. The quantitative estimate of drug-likeness (QED) is 0.853. The van der Waals surface area contributed by atoms with Gasteiger partial charge in [0, 0.05) is 24.9 Å². The van der Waals surface area contributed by atoms with E-state index in [0.717, 1.165) is 25.7 Å². The predicted molar refractivity (Wildman–Crippen MR) is 77.3 cm³/mol. The van der Waals surface area contributed by atoms with Gasteiger partial charge in [-0.05, 0) is 19.8 Å². The minimum Gasteiger partial charge on any atom is -0.383 e. The van der Waals surface area contributed by atoms with Gasteiger partial charge >= 0.3 is 0 Å². The highest BCUT2D eigenvalue weighted by molar-refractivity contribution is 5.92. The third kappa shape index (κ3) is 3.58. The number of carbonyl (C=O) groups excluding carboxylic acids is 1. The van der Waals surface area contributed by atoms with Crippen molar-refractivity contribution >= 4 is 11.7 Å². The molecule has 0 spiro atoms.